The van der Waals surface area contributed by atoms with Crippen LogP contribution in [-0.2, 0) is 16.1 Å². The second-order valence-corrected chi connectivity index (χ2v) is 4.68. The molecule has 1 saturated carbocycles. The number of benzene rings is 1. The number of carbonyl (C=O) groups excluding carboxylic acids is 1. The number of rotatable bonds is 5. The number of aromatic amines is 1. The van der Waals surface area contributed by atoms with Gasteiger partial charge in [0, 0.05) is 28.7 Å². The van der Waals surface area contributed by atoms with E-state index in [-0.39, 0.29) is 5.97 Å². The van der Waals surface area contributed by atoms with Crippen molar-refractivity contribution in [3.63, 3.8) is 0 Å². The first-order valence-corrected chi connectivity index (χ1v) is 6.27. The van der Waals surface area contributed by atoms with Gasteiger partial charge in [-0.25, -0.2) is 0 Å². The maximum absolute atomic E-state index is 11.5. The van der Waals surface area contributed by atoms with Crippen LogP contribution < -0.4 is 5.32 Å². The monoisotopic (exact) mass is 244 g/mol. The number of H-pyrrole nitrogens is 1. The van der Waals surface area contributed by atoms with Crippen LogP contribution in [0, 0.1) is 0 Å². The Bertz CT molecular complexity index is 558. The van der Waals surface area contributed by atoms with Crippen molar-refractivity contribution in [3.05, 3.63) is 36.0 Å². The number of esters is 1. The first-order valence-electron chi connectivity index (χ1n) is 6.27. The van der Waals surface area contributed by atoms with Gasteiger partial charge in [0.2, 0.25) is 0 Å². The van der Waals surface area contributed by atoms with Gasteiger partial charge in [0.15, 0.2) is 0 Å². The topological polar surface area (TPSA) is 54.1 Å². The van der Waals surface area contributed by atoms with Gasteiger partial charge in [-0.3, -0.25) is 4.79 Å². The number of aromatic nitrogens is 1. The highest BCUT2D eigenvalue weighted by Crippen LogP contribution is 2.19. The Labute approximate surface area is 105 Å². The zero-order valence-electron chi connectivity index (χ0n) is 10.1. The van der Waals surface area contributed by atoms with E-state index in [4.69, 9.17) is 4.74 Å². The molecule has 1 heterocycles. The van der Waals surface area contributed by atoms with Crippen LogP contribution in [0.3, 0.4) is 0 Å². The third-order valence-electron chi connectivity index (χ3n) is 3.18. The van der Waals surface area contributed by atoms with Crippen molar-refractivity contribution in [1.82, 2.24) is 10.3 Å². The Morgan fingerprint density at radius 2 is 2.22 bits per heavy atom. The zero-order valence-corrected chi connectivity index (χ0v) is 10.1. The van der Waals surface area contributed by atoms with E-state index in [2.05, 4.69) is 10.3 Å². The molecule has 4 heteroatoms. The van der Waals surface area contributed by atoms with E-state index in [1.807, 2.05) is 30.5 Å². The molecule has 0 bridgehead atoms. The smallest absolute Gasteiger partial charge is 0.320 e. The standard InChI is InChI=1S/C14H16N2O2/c17-14(8-15-11-5-6-11)18-9-10-7-16-13-4-2-1-3-12(10)13/h1-4,7,11,15-16H,5-6,8-9H2. The molecule has 4 nitrogen and oxygen atoms in total. The van der Waals surface area contributed by atoms with Gasteiger partial charge >= 0.3 is 5.97 Å². The molecule has 1 aliphatic carbocycles. The Balaban J connectivity index is 1.57. The molecule has 1 fully saturated rings. The average Bonchev–Trinajstić information content (AvgIpc) is 3.14. The molecule has 0 amide bonds. The van der Waals surface area contributed by atoms with Crippen LogP contribution in [0.4, 0.5) is 0 Å². The second kappa shape index (κ2) is 4.82. The Morgan fingerprint density at radius 1 is 1.39 bits per heavy atom. The highest BCUT2D eigenvalue weighted by Gasteiger charge is 2.21. The van der Waals surface area contributed by atoms with E-state index in [1.54, 1.807) is 0 Å². The second-order valence-electron chi connectivity index (χ2n) is 4.68. The van der Waals surface area contributed by atoms with Crippen LogP contribution in [0.25, 0.3) is 10.9 Å². The molecular formula is C14H16N2O2. The number of ether oxygens (including phenoxy) is 1. The minimum absolute atomic E-state index is 0.188. The van der Waals surface area contributed by atoms with E-state index in [0.29, 0.717) is 19.2 Å². The van der Waals surface area contributed by atoms with E-state index in [0.717, 1.165) is 16.5 Å². The van der Waals surface area contributed by atoms with Gasteiger partial charge in [-0.2, -0.15) is 0 Å². The average molecular weight is 244 g/mol. The molecule has 0 aliphatic heterocycles. The quantitative estimate of drug-likeness (QED) is 0.790. The molecule has 1 aromatic carbocycles. The Kier molecular flexibility index (Phi) is 3.02. The SMILES string of the molecule is O=C(CNC1CC1)OCc1c[nH]c2ccccc12. The number of nitrogens with one attached hydrogen (secondary N) is 2. The molecule has 2 aromatic rings. The molecule has 0 spiro atoms. The minimum Gasteiger partial charge on any atom is -0.460 e. The van der Waals surface area contributed by atoms with Gasteiger partial charge in [-0.05, 0) is 18.9 Å². The summed E-state index contributed by atoms with van der Waals surface area (Å²) in [5.74, 6) is -0.188. The first-order chi connectivity index (χ1) is 8.83. The van der Waals surface area contributed by atoms with Gasteiger partial charge in [-0.15, -0.1) is 0 Å². The highest BCUT2D eigenvalue weighted by atomic mass is 16.5. The lowest BCUT2D eigenvalue weighted by Gasteiger charge is -2.04. The number of para-hydroxylation sites is 1. The van der Waals surface area contributed by atoms with E-state index >= 15 is 0 Å². The van der Waals surface area contributed by atoms with Crippen molar-refractivity contribution in [2.24, 2.45) is 0 Å². The summed E-state index contributed by atoms with van der Waals surface area (Å²) < 4.78 is 5.25. The van der Waals surface area contributed by atoms with Gasteiger partial charge < -0.3 is 15.0 Å². The number of fused-ring (bicyclic) bond motifs is 1. The Morgan fingerprint density at radius 3 is 3.06 bits per heavy atom. The lowest BCUT2D eigenvalue weighted by atomic mass is 10.2. The third kappa shape index (κ3) is 2.54. The fourth-order valence-electron chi connectivity index (χ4n) is 1.98. The molecular weight excluding hydrogens is 228 g/mol. The third-order valence-corrected chi connectivity index (χ3v) is 3.18. The van der Waals surface area contributed by atoms with Crippen LogP contribution in [0.15, 0.2) is 30.5 Å². The normalized spacial score (nSPS) is 14.9. The fraction of sp³-hybridized carbons (Fsp3) is 0.357. The van der Waals surface area contributed by atoms with Crippen LogP contribution in [0.2, 0.25) is 0 Å². The van der Waals surface area contributed by atoms with Crippen LogP contribution >= 0.6 is 0 Å². The molecule has 1 aliphatic rings. The van der Waals surface area contributed by atoms with Crippen molar-refractivity contribution < 1.29 is 9.53 Å². The lowest BCUT2D eigenvalue weighted by molar-refractivity contribution is -0.143. The summed E-state index contributed by atoms with van der Waals surface area (Å²) in [5.41, 5.74) is 2.09. The molecule has 0 atom stereocenters. The summed E-state index contributed by atoms with van der Waals surface area (Å²) >= 11 is 0. The predicted molar refractivity (Wildman–Crippen MR) is 69.1 cm³/mol. The summed E-state index contributed by atoms with van der Waals surface area (Å²) in [4.78, 5) is 14.7. The van der Waals surface area contributed by atoms with Gasteiger partial charge in [-0.1, -0.05) is 18.2 Å². The molecule has 2 N–H and O–H groups in total. The minimum atomic E-state index is -0.188. The first kappa shape index (κ1) is 11.3. The Hall–Kier alpha value is -1.81. The largest absolute Gasteiger partial charge is 0.460 e. The van der Waals surface area contributed by atoms with Crippen molar-refractivity contribution >= 4 is 16.9 Å². The van der Waals surface area contributed by atoms with Crippen molar-refractivity contribution in [3.8, 4) is 0 Å². The van der Waals surface area contributed by atoms with Crippen molar-refractivity contribution in [2.75, 3.05) is 6.54 Å². The summed E-state index contributed by atoms with van der Waals surface area (Å²) in [6.07, 6.45) is 4.25. The zero-order chi connectivity index (χ0) is 12.4. The number of carbonyl (C=O) groups is 1. The summed E-state index contributed by atoms with van der Waals surface area (Å²) in [7, 11) is 0. The molecule has 1 aromatic heterocycles. The van der Waals surface area contributed by atoms with Crippen molar-refractivity contribution in [1.29, 1.82) is 0 Å². The molecule has 0 unspecified atom stereocenters. The molecule has 94 valence electrons. The van der Waals surface area contributed by atoms with Crippen LogP contribution in [0.1, 0.15) is 18.4 Å². The van der Waals surface area contributed by atoms with E-state index in [9.17, 15) is 4.79 Å². The number of hydrogen-bond acceptors (Lipinski definition) is 3. The summed E-state index contributed by atoms with van der Waals surface area (Å²) in [6, 6.07) is 8.53. The van der Waals surface area contributed by atoms with Crippen LogP contribution in [0.5, 0.6) is 0 Å². The van der Waals surface area contributed by atoms with Gasteiger partial charge in [0.1, 0.15) is 6.61 Å². The predicted octanol–water partition coefficient (Wildman–Crippen LogP) is 1.96. The molecule has 18 heavy (non-hydrogen) atoms. The van der Waals surface area contributed by atoms with E-state index < -0.39 is 0 Å². The van der Waals surface area contributed by atoms with Crippen molar-refractivity contribution in [2.45, 2.75) is 25.5 Å². The lowest BCUT2D eigenvalue weighted by Crippen LogP contribution is -2.26. The summed E-state index contributed by atoms with van der Waals surface area (Å²) in [5, 5.41) is 4.25. The van der Waals surface area contributed by atoms with Crippen LogP contribution in [-0.4, -0.2) is 23.5 Å². The maximum Gasteiger partial charge on any atom is 0.320 e. The highest BCUT2D eigenvalue weighted by molar-refractivity contribution is 5.83. The van der Waals surface area contributed by atoms with Gasteiger partial charge in [0.25, 0.3) is 0 Å². The van der Waals surface area contributed by atoms with Gasteiger partial charge in [0.05, 0.1) is 6.54 Å². The maximum atomic E-state index is 11.5. The fourth-order valence-corrected chi connectivity index (χ4v) is 1.98. The summed E-state index contributed by atoms with van der Waals surface area (Å²) in [6.45, 7) is 0.641. The molecule has 0 saturated heterocycles. The molecule has 0 radical (unpaired) electrons. The molecule has 3 rings (SSSR count). The number of hydrogen-bond donors (Lipinski definition) is 2. The van der Waals surface area contributed by atoms with E-state index in [1.165, 1.54) is 12.8 Å².